The molecule has 37 heavy (non-hydrogen) atoms. The number of rotatable bonds is 6. The maximum atomic E-state index is 13.7. The summed E-state index contributed by atoms with van der Waals surface area (Å²) >= 11 is 0. The fraction of sp³-hybridized carbons (Fsp3) is 0.304. The number of benzene rings is 2. The summed E-state index contributed by atoms with van der Waals surface area (Å²) in [5.41, 5.74) is -3.39. The molecule has 0 aliphatic carbocycles. The predicted octanol–water partition coefficient (Wildman–Crippen LogP) is 4.91. The van der Waals surface area contributed by atoms with Gasteiger partial charge in [-0.3, -0.25) is 19.8 Å². The van der Waals surface area contributed by atoms with Gasteiger partial charge in [-0.05, 0) is 35.7 Å². The van der Waals surface area contributed by atoms with Crippen molar-refractivity contribution >= 4 is 28.6 Å². The summed E-state index contributed by atoms with van der Waals surface area (Å²) in [5, 5.41) is 10.8. The third-order valence-corrected chi connectivity index (χ3v) is 5.90. The number of carbonyl (C=O) groups is 1. The van der Waals surface area contributed by atoms with Gasteiger partial charge in [-0.25, -0.2) is 4.98 Å². The van der Waals surface area contributed by atoms with Crippen LogP contribution in [0.1, 0.15) is 11.1 Å². The van der Waals surface area contributed by atoms with Crippen LogP contribution in [0, 0.1) is 10.1 Å². The van der Waals surface area contributed by atoms with Gasteiger partial charge < -0.3 is 9.64 Å². The molecule has 4 rings (SSSR count). The third kappa shape index (κ3) is 5.58. The third-order valence-electron chi connectivity index (χ3n) is 5.90. The molecule has 0 amide bonds. The summed E-state index contributed by atoms with van der Waals surface area (Å²) in [6, 6.07) is 7.81. The molecule has 1 aliphatic rings. The molecule has 0 spiro atoms. The van der Waals surface area contributed by atoms with Crippen LogP contribution in [0.2, 0.25) is 0 Å². The molecule has 1 saturated heterocycles. The molecular formula is C23H18F6N4O4. The number of fused-ring (bicyclic) bond motifs is 1. The van der Waals surface area contributed by atoms with Crippen LogP contribution >= 0.6 is 0 Å². The molecule has 8 nitrogen and oxygen atoms in total. The highest BCUT2D eigenvalue weighted by atomic mass is 19.4. The van der Waals surface area contributed by atoms with E-state index in [1.807, 2.05) is 0 Å². The minimum atomic E-state index is -5.01. The van der Waals surface area contributed by atoms with E-state index in [0.717, 1.165) is 24.4 Å². The van der Waals surface area contributed by atoms with E-state index in [2.05, 4.69) is 4.98 Å². The summed E-state index contributed by atoms with van der Waals surface area (Å²) in [4.78, 5) is 29.0. The van der Waals surface area contributed by atoms with Crippen molar-refractivity contribution in [1.82, 2.24) is 9.88 Å². The lowest BCUT2D eigenvalue weighted by molar-refractivity contribution is -0.387. The zero-order valence-electron chi connectivity index (χ0n) is 18.8. The summed E-state index contributed by atoms with van der Waals surface area (Å²) in [6.45, 7) is 1.10. The van der Waals surface area contributed by atoms with E-state index in [-0.39, 0.29) is 24.2 Å². The largest absolute Gasteiger partial charge is 0.468 e. The number of ether oxygens (including phenoxy) is 1. The fourth-order valence-electron chi connectivity index (χ4n) is 4.08. The molecule has 1 unspecified atom stereocenters. The van der Waals surface area contributed by atoms with Crippen LogP contribution in [0.4, 0.5) is 37.8 Å². The lowest BCUT2D eigenvalue weighted by atomic mass is 10.0. The minimum Gasteiger partial charge on any atom is -0.468 e. The Morgan fingerprint density at radius 3 is 2.19 bits per heavy atom. The van der Waals surface area contributed by atoms with Gasteiger partial charge in [0.2, 0.25) is 6.23 Å². The van der Waals surface area contributed by atoms with Gasteiger partial charge in [0.1, 0.15) is 17.1 Å². The number of aromatic nitrogens is 1. The molecule has 2 aromatic carbocycles. The second-order valence-electron chi connectivity index (χ2n) is 8.17. The first-order chi connectivity index (χ1) is 17.4. The molecule has 1 aliphatic heterocycles. The zero-order chi connectivity index (χ0) is 27.0. The van der Waals surface area contributed by atoms with Crippen molar-refractivity contribution in [3.8, 4) is 5.75 Å². The number of nitro groups is 1. The Labute approximate surface area is 205 Å². The molecule has 0 bridgehead atoms. The van der Waals surface area contributed by atoms with Gasteiger partial charge in [-0.1, -0.05) is 6.07 Å². The van der Waals surface area contributed by atoms with Gasteiger partial charge in [0.05, 0.1) is 10.5 Å². The van der Waals surface area contributed by atoms with Crippen LogP contribution in [0.5, 0.6) is 5.75 Å². The zero-order valence-corrected chi connectivity index (χ0v) is 18.8. The quantitative estimate of drug-likeness (QED) is 0.195. The molecule has 1 aromatic heterocycles. The lowest BCUT2D eigenvalue weighted by Crippen LogP contribution is -2.52. The monoisotopic (exact) mass is 528 g/mol. The fourth-order valence-corrected chi connectivity index (χ4v) is 4.08. The second kappa shape index (κ2) is 9.84. The van der Waals surface area contributed by atoms with E-state index >= 15 is 0 Å². The molecular weight excluding hydrogens is 510 g/mol. The average Bonchev–Trinajstić information content (AvgIpc) is 2.85. The Bertz CT molecular complexity index is 1310. The Morgan fingerprint density at radius 2 is 1.65 bits per heavy atom. The second-order valence-corrected chi connectivity index (χ2v) is 8.17. The average molecular weight is 528 g/mol. The van der Waals surface area contributed by atoms with Crippen molar-refractivity contribution in [1.29, 1.82) is 0 Å². The van der Waals surface area contributed by atoms with Crippen molar-refractivity contribution in [2.45, 2.75) is 18.6 Å². The van der Waals surface area contributed by atoms with Crippen molar-refractivity contribution in [3.63, 3.8) is 0 Å². The maximum Gasteiger partial charge on any atom is 0.423 e. The van der Waals surface area contributed by atoms with E-state index in [1.165, 1.54) is 24.3 Å². The molecule has 3 aromatic rings. The Kier molecular flexibility index (Phi) is 6.95. The van der Waals surface area contributed by atoms with Crippen molar-refractivity contribution in [2.24, 2.45) is 0 Å². The van der Waals surface area contributed by atoms with E-state index < -0.39 is 45.7 Å². The standard InChI is InChI=1S/C23H18F6N4O4/c24-22(25,26)15-3-6-19(30-12-15)31-7-9-32(10-8-31)20(13-34)37-16-4-1-14-2-5-18(33(35)36)21(17(14)11-16)23(27,28)29/h1-6,11-13,20H,7-10H2. The van der Waals surface area contributed by atoms with Gasteiger partial charge in [0, 0.05) is 43.8 Å². The molecule has 1 fully saturated rings. The molecule has 1 atom stereocenters. The number of anilines is 1. The Hall–Kier alpha value is -3.94. The van der Waals surface area contributed by atoms with Crippen molar-refractivity contribution < 1.29 is 40.8 Å². The van der Waals surface area contributed by atoms with Gasteiger partial charge >= 0.3 is 12.4 Å². The van der Waals surface area contributed by atoms with Crippen LogP contribution < -0.4 is 9.64 Å². The molecule has 0 N–H and O–H groups in total. The number of alkyl halides is 6. The van der Waals surface area contributed by atoms with Gasteiger partial charge in [-0.15, -0.1) is 0 Å². The van der Waals surface area contributed by atoms with Crippen LogP contribution in [-0.2, 0) is 17.1 Å². The van der Waals surface area contributed by atoms with Crippen LogP contribution in [0.15, 0.2) is 48.7 Å². The lowest BCUT2D eigenvalue weighted by Gasteiger charge is -2.37. The van der Waals surface area contributed by atoms with E-state index in [9.17, 15) is 41.3 Å². The first-order valence-corrected chi connectivity index (χ1v) is 10.8. The molecule has 2 heterocycles. The van der Waals surface area contributed by atoms with E-state index in [0.29, 0.717) is 25.2 Å². The van der Waals surface area contributed by atoms with Gasteiger partial charge in [0.25, 0.3) is 5.69 Å². The summed E-state index contributed by atoms with van der Waals surface area (Å²) < 4.78 is 84.9. The normalized spacial score (nSPS) is 16.0. The number of piperazine rings is 1. The van der Waals surface area contributed by atoms with Crippen molar-refractivity contribution in [3.05, 3.63) is 69.9 Å². The SMILES string of the molecule is O=CC(Oc1ccc2ccc([N+](=O)[O-])c(C(F)(F)F)c2c1)N1CCN(c2ccc(C(F)(F)F)cn2)CC1. The van der Waals surface area contributed by atoms with Crippen molar-refractivity contribution in [2.75, 3.05) is 31.1 Å². The summed E-state index contributed by atoms with van der Waals surface area (Å²) in [6.07, 6.45) is -9.49. The summed E-state index contributed by atoms with van der Waals surface area (Å²) in [5.74, 6) is 0.231. The topological polar surface area (TPSA) is 88.8 Å². The van der Waals surface area contributed by atoms with Crippen LogP contribution in [0.3, 0.4) is 0 Å². The Balaban J connectivity index is 1.50. The van der Waals surface area contributed by atoms with E-state index in [4.69, 9.17) is 4.74 Å². The summed E-state index contributed by atoms with van der Waals surface area (Å²) in [7, 11) is 0. The number of hydrogen-bond donors (Lipinski definition) is 0. The van der Waals surface area contributed by atoms with Crippen LogP contribution in [-0.4, -0.2) is 53.5 Å². The first kappa shape index (κ1) is 26.1. The Morgan fingerprint density at radius 1 is 0.973 bits per heavy atom. The smallest absolute Gasteiger partial charge is 0.423 e. The number of aldehydes is 1. The number of nitrogens with zero attached hydrogens (tertiary/aromatic N) is 4. The molecule has 196 valence electrons. The highest BCUT2D eigenvalue weighted by molar-refractivity contribution is 5.90. The molecule has 14 heteroatoms. The highest BCUT2D eigenvalue weighted by Gasteiger charge is 2.40. The number of hydrogen-bond acceptors (Lipinski definition) is 7. The number of halogens is 6. The molecule has 0 radical (unpaired) electrons. The predicted molar refractivity (Wildman–Crippen MR) is 119 cm³/mol. The first-order valence-electron chi connectivity index (χ1n) is 10.8. The minimum absolute atomic E-state index is 0.0950. The number of nitro benzene ring substituents is 1. The van der Waals surface area contributed by atoms with Crippen LogP contribution in [0.25, 0.3) is 10.8 Å². The highest BCUT2D eigenvalue weighted by Crippen LogP contribution is 2.42. The van der Waals surface area contributed by atoms with Gasteiger partial charge in [0.15, 0.2) is 6.29 Å². The van der Waals surface area contributed by atoms with E-state index in [1.54, 1.807) is 9.80 Å². The van der Waals surface area contributed by atoms with Gasteiger partial charge in [-0.2, -0.15) is 26.3 Å². The number of pyridine rings is 1. The number of carbonyl (C=O) groups excluding carboxylic acids is 1. The molecule has 0 saturated carbocycles. The maximum absolute atomic E-state index is 13.7.